The molecule has 0 heterocycles. The summed E-state index contributed by atoms with van der Waals surface area (Å²) in [4.78, 5) is 0.480. The summed E-state index contributed by atoms with van der Waals surface area (Å²) in [5.41, 5.74) is 7.17. The van der Waals surface area contributed by atoms with Crippen molar-refractivity contribution in [2.75, 3.05) is 5.73 Å². The zero-order valence-electron chi connectivity index (χ0n) is 9.40. The van der Waals surface area contributed by atoms with Gasteiger partial charge in [0.1, 0.15) is 5.82 Å². The Morgan fingerprint density at radius 2 is 2.00 bits per heavy atom. The Kier molecular flexibility index (Phi) is 4.14. The van der Waals surface area contributed by atoms with Crippen LogP contribution in [-0.4, -0.2) is 4.21 Å². The molecule has 0 bridgehead atoms. The Balaban J connectivity index is 2.21. The van der Waals surface area contributed by atoms with Gasteiger partial charge in [0.05, 0.1) is 16.6 Å². The van der Waals surface area contributed by atoms with Crippen LogP contribution < -0.4 is 5.73 Å². The minimum Gasteiger partial charge on any atom is -0.399 e. The van der Waals surface area contributed by atoms with Crippen LogP contribution in [0.5, 0.6) is 0 Å². The smallest absolute Gasteiger partial charge is 0.124 e. The molecule has 2 rings (SSSR count). The van der Waals surface area contributed by atoms with Gasteiger partial charge in [-0.05, 0) is 42.0 Å². The zero-order valence-corrected chi connectivity index (χ0v) is 11.8. The highest BCUT2D eigenvalue weighted by Crippen LogP contribution is 2.20. The van der Waals surface area contributed by atoms with Gasteiger partial charge in [0.2, 0.25) is 0 Å². The molecule has 2 aromatic carbocycles. The molecule has 2 nitrogen and oxygen atoms in total. The first-order chi connectivity index (χ1) is 8.54. The van der Waals surface area contributed by atoms with Crippen molar-refractivity contribution < 1.29 is 8.60 Å². The van der Waals surface area contributed by atoms with Crippen LogP contribution in [-0.2, 0) is 16.6 Å². The number of benzene rings is 2. The van der Waals surface area contributed by atoms with Gasteiger partial charge in [-0.3, -0.25) is 4.21 Å². The topological polar surface area (TPSA) is 43.1 Å². The van der Waals surface area contributed by atoms with Crippen molar-refractivity contribution in [3.63, 3.8) is 0 Å². The van der Waals surface area contributed by atoms with E-state index in [0.29, 0.717) is 16.3 Å². The number of anilines is 1. The standard InChI is InChI=1S/C13H11BrFNOS/c14-10-4-9(5-12(16)6-10)8-18(17)13-3-1-2-11(15)7-13/h1-7H,8,16H2. The molecule has 0 saturated carbocycles. The van der Waals surface area contributed by atoms with Gasteiger partial charge in [-0.1, -0.05) is 22.0 Å². The fraction of sp³-hybridized carbons (Fsp3) is 0.0769. The van der Waals surface area contributed by atoms with E-state index in [1.165, 1.54) is 12.1 Å². The molecule has 0 amide bonds. The number of halogens is 2. The molecule has 2 N–H and O–H groups in total. The average molecular weight is 328 g/mol. The van der Waals surface area contributed by atoms with Crippen molar-refractivity contribution in [1.82, 2.24) is 0 Å². The Labute approximate surface area is 116 Å². The first-order valence-electron chi connectivity index (χ1n) is 5.23. The van der Waals surface area contributed by atoms with Crippen LogP contribution in [0.15, 0.2) is 51.8 Å². The molecule has 0 aliphatic rings. The molecule has 94 valence electrons. The first kappa shape index (κ1) is 13.2. The summed E-state index contributed by atoms with van der Waals surface area (Å²) in [6.07, 6.45) is 0. The van der Waals surface area contributed by atoms with Gasteiger partial charge in [-0.15, -0.1) is 0 Å². The largest absolute Gasteiger partial charge is 0.399 e. The molecular formula is C13H11BrFNOS. The van der Waals surface area contributed by atoms with Crippen molar-refractivity contribution >= 4 is 32.4 Å². The summed E-state index contributed by atoms with van der Waals surface area (Å²) in [5.74, 6) is -0.0674. The van der Waals surface area contributed by atoms with E-state index in [9.17, 15) is 8.60 Å². The number of rotatable bonds is 3. The van der Waals surface area contributed by atoms with Crippen molar-refractivity contribution in [3.8, 4) is 0 Å². The highest BCUT2D eigenvalue weighted by molar-refractivity contribution is 9.10. The summed E-state index contributed by atoms with van der Waals surface area (Å²) in [6, 6.07) is 11.2. The monoisotopic (exact) mass is 327 g/mol. The van der Waals surface area contributed by atoms with Crippen LogP contribution in [0, 0.1) is 5.82 Å². The van der Waals surface area contributed by atoms with Crippen molar-refractivity contribution in [2.45, 2.75) is 10.6 Å². The molecule has 18 heavy (non-hydrogen) atoms. The molecule has 0 saturated heterocycles. The zero-order chi connectivity index (χ0) is 13.1. The highest BCUT2D eigenvalue weighted by atomic mass is 79.9. The molecule has 0 spiro atoms. The second-order valence-corrected chi connectivity index (χ2v) is 6.21. The molecule has 1 unspecified atom stereocenters. The summed E-state index contributed by atoms with van der Waals surface area (Å²) >= 11 is 3.33. The number of nitrogen functional groups attached to an aromatic ring is 1. The van der Waals surface area contributed by atoms with E-state index in [4.69, 9.17) is 5.73 Å². The number of nitrogens with two attached hydrogens (primary N) is 1. The van der Waals surface area contributed by atoms with Crippen LogP contribution in [0.2, 0.25) is 0 Å². The third-order valence-electron chi connectivity index (χ3n) is 2.34. The van der Waals surface area contributed by atoms with Gasteiger partial charge < -0.3 is 5.73 Å². The van der Waals surface area contributed by atoms with Crippen LogP contribution in [0.3, 0.4) is 0 Å². The van der Waals surface area contributed by atoms with Crippen LogP contribution in [0.4, 0.5) is 10.1 Å². The predicted octanol–water partition coefficient (Wildman–Crippen LogP) is 3.48. The first-order valence-corrected chi connectivity index (χ1v) is 7.35. The SMILES string of the molecule is Nc1cc(Br)cc(CS(=O)c2cccc(F)c2)c1. The van der Waals surface area contributed by atoms with Gasteiger partial charge in [0, 0.05) is 15.1 Å². The maximum absolute atomic E-state index is 13.0. The highest BCUT2D eigenvalue weighted by Gasteiger charge is 2.07. The lowest BCUT2D eigenvalue weighted by molar-refractivity contribution is 0.622. The molecule has 0 aliphatic heterocycles. The lowest BCUT2D eigenvalue weighted by Gasteiger charge is -2.05. The van der Waals surface area contributed by atoms with E-state index in [0.717, 1.165) is 10.0 Å². The van der Waals surface area contributed by atoms with Gasteiger partial charge in [-0.25, -0.2) is 4.39 Å². The maximum atomic E-state index is 13.0. The summed E-state index contributed by atoms with van der Waals surface area (Å²) < 4.78 is 26.0. The summed E-state index contributed by atoms with van der Waals surface area (Å²) in [7, 11) is -1.28. The van der Waals surface area contributed by atoms with E-state index < -0.39 is 10.8 Å². The van der Waals surface area contributed by atoms with Gasteiger partial charge in [-0.2, -0.15) is 0 Å². The Bertz CT molecular complexity index is 583. The summed E-state index contributed by atoms with van der Waals surface area (Å²) in [6.45, 7) is 0. The molecule has 1 atom stereocenters. The van der Waals surface area contributed by atoms with Gasteiger partial charge >= 0.3 is 0 Å². The predicted molar refractivity (Wildman–Crippen MR) is 75.1 cm³/mol. The average Bonchev–Trinajstić information content (AvgIpc) is 2.27. The lowest BCUT2D eigenvalue weighted by atomic mass is 10.2. The molecule has 2 aromatic rings. The third-order valence-corrected chi connectivity index (χ3v) is 4.17. The maximum Gasteiger partial charge on any atom is 0.124 e. The Hall–Kier alpha value is -1.20. The second-order valence-electron chi connectivity index (χ2n) is 3.84. The summed E-state index contributed by atoms with van der Waals surface area (Å²) in [5, 5.41) is 0. The number of hydrogen-bond donors (Lipinski definition) is 1. The van der Waals surface area contributed by atoms with E-state index in [2.05, 4.69) is 15.9 Å². The van der Waals surface area contributed by atoms with Crippen molar-refractivity contribution in [1.29, 1.82) is 0 Å². The fourth-order valence-corrected chi connectivity index (χ4v) is 3.27. The van der Waals surface area contributed by atoms with E-state index in [1.54, 1.807) is 24.3 Å². The third kappa shape index (κ3) is 3.40. The quantitative estimate of drug-likeness (QED) is 0.877. The Morgan fingerprint density at radius 3 is 2.67 bits per heavy atom. The van der Waals surface area contributed by atoms with Crippen LogP contribution in [0.1, 0.15) is 5.56 Å². The molecule has 0 radical (unpaired) electrons. The van der Waals surface area contributed by atoms with Gasteiger partial charge in [0.25, 0.3) is 0 Å². The normalized spacial score (nSPS) is 12.3. The van der Waals surface area contributed by atoms with Crippen molar-refractivity contribution in [3.05, 3.63) is 58.3 Å². The van der Waals surface area contributed by atoms with E-state index >= 15 is 0 Å². The van der Waals surface area contributed by atoms with E-state index in [1.807, 2.05) is 6.07 Å². The molecular weight excluding hydrogens is 317 g/mol. The molecule has 0 fully saturated rings. The minimum absolute atomic E-state index is 0.313. The van der Waals surface area contributed by atoms with Crippen LogP contribution in [0.25, 0.3) is 0 Å². The van der Waals surface area contributed by atoms with Crippen molar-refractivity contribution in [2.24, 2.45) is 0 Å². The van der Waals surface area contributed by atoms with E-state index in [-0.39, 0.29) is 5.82 Å². The minimum atomic E-state index is -1.28. The van der Waals surface area contributed by atoms with Crippen LogP contribution >= 0.6 is 15.9 Å². The Morgan fingerprint density at radius 1 is 1.22 bits per heavy atom. The fourth-order valence-electron chi connectivity index (χ4n) is 1.60. The number of hydrogen-bond acceptors (Lipinski definition) is 2. The molecule has 0 aromatic heterocycles. The lowest BCUT2D eigenvalue weighted by Crippen LogP contribution is -1.98. The van der Waals surface area contributed by atoms with Gasteiger partial charge in [0.15, 0.2) is 0 Å². The molecule has 0 aliphatic carbocycles. The second kappa shape index (κ2) is 5.63. The molecule has 5 heteroatoms.